The molecule has 1 saturated heterocycles. The van der Waals surface area contributed by atoms with E-state index >= 15 is 0 Å². The first kappa shape index (κ1) is 21.8. The number of hydrogen-bond acceptors (Lipinski definition) is 3. The average molecular weight is 456 g/mol. The summed E-state index contributed by atoms with van der Waals surface area (Å²) in [6.45, 7) is 3.91. The third-order valence-electron chi connectivity index (χ3n) is 5.57. The second kappa shape index (κ2) is 9.81. The summed E-state index contributed by atoms with van der Waals surface area (Å²) in [6.07, 6.45) is 3.09. The highest BCUT2D eigenvalue weighted by Gasteiger charge is 2.22. The number of H-pyrrole nitrogens is 1. The van der Waals surface area contributed by atoms with Gasteiger partial charge in [0.2, 0.25) is 0 Å². The summed E-state index contributed by atoms with van der Waals surface area (Å²) in [6, 6.07) is 15.5. The highest BCUT2D eigenvalue weighted by atomic mass is 35.5. The summed E-state index contributed by atoms with van der Waals surface area (Å²) in [5.74, 6) is 0. The van der Waals surface area contributed by atoms with Crippen LogP contribution < -0.4 is 10.9 Å². The Bertz CT molecular complexity index is 1140. The van der Waals surface area contributed by atoms with Crippen molar-refractivity contribution in [3.05, 3.63) is 75.0 Å². The Balaban J connectivity index is 1.61. The van der Waals surface area contributed by atoms with E-state index in [1.165, 1.54) is 5.56 Å². The second-order valence-electron chi connectivity index (χ2n) is 7.85. The zero-order chi connectivity index (χ0) is 21.8. The number of hydrogen-bond donors (Lipinski definition) is 2. The van der Waals surface area contributed by atoms with Crippen LogP contribution in [0.3, 0.4) is 0 Å². The summed E-state index contributed by atoms with van der Waals surface area (Å²) in [7, 11) is 0. The largest absolute Gasteiger partial charge is 0.376 e. The normalized spacial score (nSPS) is 15.9. The van der Waals surface area contributed by atoms with Gasteiger partial charge in [-0.1, -0.05) is 30.7 Å². The SMILES string of the molecule is CCc1ccc2[nH]c(=O)c(CN(C[C@H]3CCCO3)C(=S)Nc3cccc(Cl)c3)cc2c1. The molecule has 5 nitrogen and oxygen atoms in total. The Morgan fingerprint density at radius 2 is 2.16 bits per heavy atom. The molecule has 0 spiro atoms. The lowest BCUT2D eigenvalue weighted by Gasteiger charge is -2.28. The van der Waals surface area contributed by atoms with Crippen LogP contribution >= 0.6 is 23.8 Å². The number of fused-ring (bicyclic) bond motifs is 1. The minimum Gasteiger partial charge on any atom is -0.376 e. The molecule has 162 valence electrons. The van der Waals surface area contributed by atoms with Gasteiger partial charge in [-0.15, -0.1) is 0 Å². The van der Waals surface area contributed by atoms with Gasteiger partial charge in [0.1, 0.15) is 0 Å². The fourth-order valence-corrected chi connectivity index (χ4v) is 4.31. The Morgan fingerprint density at radius 3 is 2.90 bits per heavy atom. The highest BCUT2D eigenvalue weighted by molar-refractivity contribution is 7.80. The average Bonchev–Trinajstić information content (AvgIpc) is 3.26. The highest BCUT2D eigenvalue weighted by Crippen LogP contribution is 2.20. The summed E-state index contributed by atoms with van der Waals surface area (Å²) < 4.78 is 5.84. The number of aromatic nitrogens is 1. The van der Waals surface area contributed by atoms with E-state index in [9.17, 15) is 4.79 Å². The molecule has 7 heteroatoms. The van der Waals surface area contributed by atoms with E-state index in [1.54, 1.807) is 0 Å². The third-order valence-corrected chi connectivity index (χ3v) is 6.16. The first-order valence-electron chi connectivity index (χ1n) is 10.6. The molecule has 0 bridgehead atoms. The first-order chi connectivity index (χ1) is 15.0. The number of halogens is 1. The van der Waals surface area contributed by atoms with Crippen LogP contribution in [0.1, 0.15) is 30.9 Å². The zero-order valence-corrected chi connectivity index (χ0v) is 19.1. The summed E-state index contributed by atoms with van der Waals surface area (Å²) in [5, 5.41) is 5.46. The number of nitrogens with zero attached hydrogens (tertiary/aromatic N) is 1. The first-order valence-corrected chi connectivity index (χ1v) is 11.4. The van der Waals surface area contributed by atoms with Crippen LogP contribution in [0.4, 0.5) is 5.69 Å². The molecule has 2 aromatic carbocycles. The Labute approximate surface area is 192 Å². The van der Waals surface area contributed by atoms with Crippen LogP contribution in [-0.2, 0) is 17.7 Å². The van der Waals surface area contributed by atoms with Crippen molar-refractivity contribution in [3.63, 3.8) is 0 Å². The Morgan fingerprint density at radius 1 is 1.29 bits per heavy atom. The molecule has 1 fully saturated rings. The van der Waals surface area contributed by atoms with Gasteiger partial charge in [-0.2, -0.15) is 0 Å². The van der Waals surface area contributed by atoms with Gasteiger partial charge in [-0.05, 0) is 78.8 Å². The van der Waals surface area contributed by atoms with Crippen molar-refractivity contribution < 1.29 is 4.74 Å². The molecular formula is C24H26ClN3O2S. The quantitative estimate of drug-likeness (QED) is 0.505. The summed E-state index contributed by atoms with van der Waals surface area (Å²) in [4.78, 5) is 17.8. The molecule has 0 unspecified atom stereocenters. The molecule has 0 amide bonds. The van der Waals surface area contributed by atoms with Gasteiger partial charge in [0, 0.05) is 34.9 Å². The zero-order valence-electron chi connectivity index (χ0n) is 17.5. The van der Waals surface area contributed by atoms with Gasteiger partial charge in [-0.25, -0.2) is 0 Å². The minimum atomic E-state index is -0.0976. The predicted molar refractivity (Wildman–Crippen MR) is 131 cm³/mol. The third kappa shape index (κ3) is 5.45. The maximum absolute atomic E-state index is 12.8. The number of ether oxygens (including phenoxy) is 1. The molecule has 0 radical (unpaired) electrons. The number of rotatable bonds is 6. The number of anilines is 1. The number of pyridine rings is 1. The van der Waals surface area contributed by atoms with E-state index in [1.807, 2.05) is 47.4 Å². The lowest BCUT2D eigenvalue weighted by molar-refractivity contribution is 0.0904. The molecule has 31 heavy (non-hydrogen) atoms. The maximum Gasteiger partial charge on any atom is 0.253 e. The van der Waals surface area contributed by atoms with E-state index in [2.05, 4.69) is 23.3 Å². The van der Waals surface area contributed by atoms with E-state index in [0.29, 0.717) is 28.8 Å². The van der Waals surface area contributed by atoms with Crippen molar-refractivity contribution in [2.24, 2.45) is 0 Å². The van der Waals surface area contributed by atoms with E-state index < -0.39 is 0 Å². The molecule has 1 aliphatic heterocycles. The van der Waals surface area contributed by atoms with Gasteiger partial charge in [0.15, 0.2) is 5.11 Å². The van der Waals surface area contributed by atoms with Crippen LogP contribution in [0, 0.1) is 0 Å². The van der Waals surface area contributed by atoms with Gasteiger partial charge in [-0.3, -0.25) is 4.79 Å². The maximum atomic E-state index is 12.8. The standard InChI is InChI=1S/C24H26ClN3O2S/c1-2-16-8-9-22-17(11-16)12-18(23(29)27-22)14-28(15-21-7-4-10-30-21)24(31)26-20-6-3-5-19(25)13-20/h3,5-6,8-9,11-13,21H,2,4,7,10,14-15H2,1H3,(H,26,31)(H,27,29)/t21-/m1/s1. The number of benzene rings is 2. The monoisotopic (exact) mass is 455 g/mol. The Hall–Kier alpha value is -2.41. The molecule has 0 saturated carbocycles. The second-order valence-corrected chi connectivity index (χ2v) is 8.68. The minimum absolute atomic E-state index is 0.0976. The van der Waals surface area contributed by atoms with Gasteiger partial charge in [0.25, 0.3) is 5.56 Å². The van der Waals surface area contributed by atoms with Crippen molar-refractivity contribution in [3.8, 4) is 0 Å². The van der Waals surface area contributed by atoms with E-state index in [-0.39, 0.29) is 11.7 Å². The molecular weight excluding hydrogens is 430 g/mol. The predicted octanol–water partition coefficient (Wildman–Crippen LogP) is 5.12. The van der Waals surface area contributed by atoms with Crippen LogP contribution in [0.5, 0.6) is 0 Å². The van der Waals surface area contributed by atoms with Crippen LogP contribution in [-0.4, -0.2) is 34.3 Å². The molecule has 4 rings (SSSR count). The number of nitrogens with one attached hydrogen (secondary N) is 2. The van der Waals surface area contributed by atoms with Crippen LogP contribution in [0.25, 0.3) is 10.9 Å². The van der Waals surface area contributed by atoms with Crippen molar-refractivity contribution in [1.29, 1.82) is 0 Å². The van der Waals surface area contributed by atoms with Crippen molar-refractivity contribution in [2.45, 2.75) is 38.8 Å². The smallest absolute Gasteiger partial charge is 0.253 e. The van der Waals surface area contributed by atoms with Crippen molar-refractivity contribution in [2.75, 3.05) is 18.5 Å². The number of thiocarbonyl (C=S) groups is 1. The van der Waals surface area contributed by atoms with Crippen molar-refractivity contribution >= 4 is 45.5 Å². The van der Waals surface area contributed by atoms with Gasteiger partial charge in [0.05, 0.1) is 12.6 Å². The summed E-state index contributed by atoms with van der Waals surface area (Å²) in [5.41, 5.74) is 3.47. The topological polar surface area (TPSA) is 57.4 Å². The number of aromatic amines is 1. The molecule has 1 atom stereocenters. The van der Waals surface area contributed by atoms with Crippen molar-refractivity contribution in [1.82, 2.24) is 9.88 Å². The van der Waals surface area contributed by atoms with Crippen LogP contribution in [0.2, 0.25) is 5.02 Å². The van der Waals surface area contributed by atoms with Gasteiger partial charge < -0.3 is 19.9 Å². The summed E-state index contributed by atoms with van der Waals surface area (Å²) >= 11 is 11.8. The molecule has 3 aromatic rings. The van der Waals surface area contributed by atoms with Crippen LogP contribution in [0.15, 0.2) is 53.3 Å². The fourth-order valence-electron chi connectivity index (χ4n) is 3.87. The molecule has 0 aliphatic carbocycles. The lowest BCUT2D eigenvalue weighted by atomic mass is 10.1. The molecule has 1 aromatic heterocycles. The lowest BCUT2D eigenvalue weighted by Crippen LogP contribution is -2.40. The fraction of sp³-hybridized carbons (Fsp3) is 0.333. The van der Waals surface area contributed by atoms with E-state index in [4.69, 9.17) is 28.6 Å². The molecule has 1 aliphatic rings. The molecule has 2 heterocycles. The van der Waals surface area contributed by atoms with E-state index in [0.717, 1.165) is 42.5 Å². The molecule has 2 N–H and O–H groups in total. The van der Waals surface area contributed by atoms with Gasteiger partial charge >= 0.3 is 0 Å². The number of aryl methyl sites for hydroxylation is 1. The Kier molecular flexibility index (Phi) is 6.90.